The Kier molecular flexibility index (Phi) is 5.87. The van der Waals surface area contributed by atoms with Gasteiger partial charge in [-0.3, -0.25) is 4.79 Å². The van der Waals surface area contributed by atoms with Crippen LogP contribution in [0.5, 0.6) is 11.5 Å². The van der Waals surface area contributed by atoms with Crippen molar-refractivity contribution in [2.75, 3.05) is 25.3 Å². The first-order chi connectivity index (χ1) is 13.1. The van der Waals surface area contributed by atoms with Gasteiger partial charge in [-0.2, -0.15) is 4.68 Å². The predicted molar refractivity (Wildman–Crippen MR) is 98.0 cm³/mol. The number of anilines is 1. The second kappa shape index (κ2) is 8.49. The molecule has 0 aliphatic heterocycles. The number of carbonyl (C=O) groups is 1. The van der Waals surface area contributed by atoms with E-state index in [1.807, 2.05) is 0 Å². The second-order valence-corrected chi connectivity index (χ2v) is 6.20. The molecule has 1 amide bonds. The SMILES string of the molecule is COc1ccc(NC(=O)CSc2nnnn2-c2cccc(F)c2)c(OC)c1. The van der Waals surface area contributed by atoms with Gasteiger partial charge in [0.25, 0.3) is 0 Å². The number of carbonyl (C=O) groups excluding carboxylic acids is 1. The highest BCUT2D eigenvalue weighted by Gasteiger charge is 2.14. The van der Waals surface area contributed by atoms with Crippen LogP contribution in [0.15, 0.2) is 47.6 Å². The summed E-state index contributed by atoms with van der Waals surface area (Å²) in [4.78, 5) is 12.3. The molecular weight excluding hydrogens is 373 g/mol. The lowest BCUT2D eigenvalue weighted by atomic mass is 10.2. The van der Waals surface area contributed by atoms with Crippen LogP contribution in [0.3, 0.4) is 0 Å². The average molecular weight is 389 g/mol. The molecule has 0 radical (unpaired) electrons. The quantitative estimate of drug-likeness (QED) is 0.621. The molecule has 0 aliphatic rings. The van der Waals surface area contributed by atoms with Crippen molar-refractivity contribution in [1.29, 1.82) is 0 Å². The lowest BCUT2D eigenvalue weighted by Crippen LogP contribution is -2.15. The van der Waals surface area contributed by atoms with E-state index in [4.69, 9.17) is 9.47 Å². The zero-order valence-electron chi connectivity index (χ0n) is 14.5. The summed E-state index contributed by atoms with van der Waals surface area (Å²) in [6.45, 7) is 0. The van der Waals surface area contributed by atoms with Gasteiger partial charge >= 0.3 is 0 Å². The van der Waals surface area contributed by atoms with Crippen LogP contribution >= 0.6 is 11.8 Å². The van der Waals surface area contributed by atoms with Crippen molar-refractivity contribution < 1.29 is 18.7 Å². The largest absolute Gasteiger partial charge is 0.497 e. The van der Waals surface area contributed by atoms with Crippen molar-refractivity contribution in [3.63, 3.8) is 0 Å². The van der Waals surface area contributed by atoms with Crippen molar-refractivity contribution in [3.05, 3.63) is 48.3 Å². The van der Waals surface area contributed by atoms with Gasteiger partial charge in [-0.1, -0.05) is 17.8 Å². The maximum absolute atomic E-state index is 13.4. The molecule has 0 aliphatic carbocycles. The Hall–Kier alpha value is -3.14. The third-order valence-electron chi connectivity index (χ3n) is 3.51. The first-order valence-corrected chi connectivity index (χ1v) is 8.78. The van der Waals surface area contributed by atoms with E-state index < -0.39 is 5.82 Å². The number of hydrogen-bond donors (Lipinski definition) is 1. The molecule has 0 unspecified atom stereocenters. The molecule has 2 aromatic carbocycles. The maximum Gasteiger partial charge on any atom is 0.234 e. The molecule has 1 heterocycles. The summed E-state index contributed by atoms with van der Waals surface area (Å²) in [6, 6.07) is 11.0. The summed E-state index contributed by atoms with van der Waals surface area (Å²) in [6.07, 6.45) is 0. The number of nitrogens with one attached hydrogen (secondary N) is 1. The van der Waals surface area contributed by atoms with Crippen LogP contribution in [0.25, 0.3) is 5.69 Å². The minimum atomic E-state index is -0.400. The van der Waals surface area contributed by atoms with Crippen LogP contribution in [0.1, 0.15) is 0 Å². The molecule has 0 bridgehead atoms. The zero-order chi connectivity index (χ0) is 19.2. The number of rotatable bonds is 7. The fourth-order valence-corrected chi connectivity index (χ4v) is 2.95. The van der Waals surface area contributed by atoms with Crippen LogP contribution in [0.2, 0.25) is 0 Å². The van der Waals surface area contributed by atoms with Gasteiger partial charge in [0.15, 0.2) is 0 Å². The normalized spacial score (nSPS) is 10.5. The molecule has 0 saturated heterocycles. The summed E-state index contributed by atoms with van der Waals surface area (Å²) in [5, 5.41) is 14.4. The van der Waals surface area contributed by atoms with Gasteiger partial charge in [-0.05, 0) is 40.8 Å². The minimum absolute atomic E-state index is 0.0604. The number of nitrogens with zero attached hydrogens (tertiary/aromatic N) is 4. The highest BCUT2D eigenvalue weighted by atomic mass is 32.2. The van der Waals surface area contributed by atoms with Crippen LogP contribution in [-0.4, -0.2) is 46.1 Å². The lowest BCUT2D eigenvalue weighted by Gasteiger charge is -2.11. The fraction of sp³-hybridized carbons (Fsp3) is 0.176. The number of benzene rings is 2. The molecule has 0 atom stereocenters. The molecule has 1 N–H and O–H groups in total. The van der Waals surface area contributed by atoms with Crippen molar-refractivity contribution in [1.82, 2.24) is 20.2 Å². The monoisotopic (exact) mass is 389 g/mol. The van der Waals surface area contributed by atoms with Crippen LogP contribution in [-0.2, 0) is 4.79 Å². The summed E-state index contributed by atoms with van der Waals surface area (Å²) in [7, 11) is 3.05. The van der Waals surface area contributed by atoms with E-state index in [1.54, 1.807) is 37.4 Å². The molecule has 8 nitrogen and oxygen atoms in total. The molecule has 10 heteroatoms. The van der Waals surface area contributed by atoms with Crippen molar-refractivity contribution in [3.8, 4) is 17.2 Å². The molecule has 1 aromatic heterocycles. The second-order valence-electron chi connectivity index (χ2n) is 5.26. The Morgan fingerprint density at radius 2 is 2.07 bits per heavy atom. The molecule has 0 spiro atoms. The fourth-order valence-electron chi connectivity index (χ4n) is 2.26. The average Bonchev–Trinajstić information content (AvgIpc) is 3.15. The van der Waals surface area contributed by atoms with E-state index in [-0.39, 0.29) is 11.7 Å². The van der Waals surface area contributed by atoms with Crippen molar-refractivity contribution >= 4 is 23.4 Å². The third-order valence-corrected chi connectivity index (χ3v) is 4.43. The Labute approximate surface area is 158 Å². The number of halogens is 1. The topological polar surface area (TPSA) is 91.2 Å². The number of amides is 1. The predicted octanol–water partition coefficient (Wildman–Crippen LogP) is 2.55. The number of hydrogen-bond acceptors (Lipinski definition) is 7. The van der Waals surface area contributed by atoms with Gasteiger partial charge in [-0.15, -0.1) is 5.10 Å². The summed E-state index contributed by atoms with van der Waals surface area (Å²) in [5.74, 6) is 0.497. The molecule has 3 aromatic rings. The van der Waals surface area contributed by atoms with E-state index in [1.165, 1.54) is 23.9 Å². The Balaban J connectivity index is 1.66. The van der Waals surface area contributed by atoms with Gasteiger partial charge in [0.1, 0.15) is 17.3 Å². The minimum Gasteiger partial charge on any atom is -0.497 e. The van der Waals surface area contributed by atoms with Crippen molar-refractivity contribution in [2.45, 2.75) is 5.16 Å². The van der Waals surface area contributed by atoms with Gasteiger partial charge < -0.3 is 14.8 Å². The van der Waals surface area contributed by atoms with E-state index in [0.717, 1.165) is 11.8 Å². The van der Waals surface area contributed by atoms with E-state index >= 15 is 0 Å². The van der Waals surface area contributed by atoms with Gasteiger partial charge in [-0.25, -0.2) is 4.39 Å². The van der Waals surface area contributed by atoms with Gasteiger partial charge in [0.2, 0.25) is 11.1 Å². The highest BCUT2D eigenvalue weighted by molar-refractivity contribution is 7.99. The molecular formula is C17H16FN5O3S. The molecule has 140 valence electrons. The molecule has 0 saturated carbocycles. The van der Waals surface area contributed by atoms with Gasteiger partial charge in [0.05, 0.1) is 31.3 Å². The standard InChI is InChI=1S/C17H16FN5O3S/c1-25-13-6-7-14(15(9-13)26-2)19-16(24)10-27-17-20-21-22-23(17)12-5-3-4-11(18)8-12/h3-9H,10H2,1-2H3,(H,19,24). The Morgan fingerprint density at radius 1 is 1.22 bits per heavy atom. The van der Waals surface area contributed by atoms with E-state index in [2.05, 4.69) is 20.8 Å². The number of aromatic nitrogens is 4. The van der Waals surface area contributed by atoms with Crippen LogP contribution in [0, 0.1) is 5.82 Å². The van der Waals surface area contributed by atoms with E-state index in [9.17, 15) is 9.18 Å². The Morgan fingerprint density at radius 3 is 2.81 bits per heavy atom. The smallest absolute Gasteiger partial charge is 0.234 e. The first-order valence-electron chi connectivity index (χ1n) is 7.79. The summed E-state index contributed by atoms with van der Waals surface area (Å²) in [5.41, 5.74) is 0.994. The molecule has 27 heavy (non-hydrogen) atoms. The maximum atomic E-state index is 13.4. The number of thioether (sulfide) groups is 1. The number of ether oxygens (including phenoxy) is 2. The van der Waals surface area contributed by atoms with E-state index in [0.29, 0.717) is 28.0 Å². The zero-order valence-corrected chi connectivity index (χ0v) is 15.4. The molecule has 3 rings (SSSR count). The summed E-state index contributed by atoms with van der Waals surface area (Å²) >= 11 is 1.13. The van der Waals surface area contributed by atoms with Crippen molar-refractivity contribution in [2.24, 2.45) is 0 Å². The lowest BCUT2D eigenvalue weighted by molar-refractivity contribution is -0.113. The Bertz CT molecular complexity index is 950. The van der Waals surface area contributed by atoms with Crippen LogP contribution in [0.4, 0.5) is 10.1 Å². The first kappa shape index (κ1) is 18.6. The number of tetrazole rings is 1. The number of methoxy groups -OCH3 is 2. The summed E-state index contributed by atoms with van der Waals surface area (Å²) < 4.78 is 25.2. The molecule has 0 fully saturated rings. The highest BCUT2D eigenvalue weighted by Crippen LogP contribution is 2.29. The van der Waals surface area contributed by atoms with Gasteiger partial charge in [0, 0.05) is 6.07 Å². The van der Waals surface area contributed by atoms with Crippen LogP contribution < -0.4 is 14.8 Å². The third kappa shape index (κ3) is 4.53.